The topological polar surface area (TPSA) is 84.5 Å². The Morgan fingerprint density at radius 3 is 2.72 bits per heavy atom. The molecule has 0 spiro atoms. The van der Waals surface area contributed by atoms with Crippen LogP contribution < -0.4 is 15.0 Å². The molecule has 1 aliphatic rings. The van der Waals surface area contributed by atoms with Crippen molar-refractivity contribution in [3.8, 4) is 11.5 Å². The zero-order valence-electron chi connectivity index (χ0n) is 16.0. The van der Waals surface area contributed by atoms with Crippen LogP contribution in [-0.2, 0) is 17.8 Å². The lowest BCUT2D eigenvalue weighted by Gasteiger charge is -2.21. The molecule has 0 atom stereocenters. The number of thioether (sulfide) groups is 1. The number of nitrogens with zero attached hydrogens (tertiary/aromatic N) is 2. The van der Waals surface area contributed by atoms with Gasteiger partial charge in [0.15, 0.2) is 16.7 Å². The third-order valence-corrected chi connectivity index (χ3v) is 5.04. The Morgan fingerprint density at radius 1 is 1.31 bits per heavy atom. The Bertz CT molecular complexity index is 952. The van der Waals surface area contributed by atoms with Crippen LogP contribution in [0.2, 0.25) is 0 Å². The van der Waals surface area contributed by atoms with Gasteiger partial charge in [-0.3, -0.25) is 9.59 Å². The molecular formula is C19H21F2N3O4S. The molecule has 2 aromatic rings. The molecule has 0 saturated heterocycles. The maximum absolute atomic E-state index is 12.5. The van der Waals surface area contributed by atoms with Gasteiger partial charge in [0.25, 0.3) is 11.3 Å². The summed E-state index contributed by atoms with van der Waals surface area (Å²) in [6, 6.07) is 5.53. The number of alkyl halides is 2. The van der Waals surface area contributed by atoms with E-state index in [0.29, 0.717) is 42.5 Å². The van der Waals surface area contributed by atoms with Gasteiger partial charge in [0.2, 0.25) is 5.91 Å². The first-order chi connectivity index (χ1) is 13.8. The summed E-state index contributed by atoms with van der Waals surface area (Å²) in [6.45, 7) is 2.96. The van der Waals surface area contributed by atoms with Gasteiger partial charge in [-0.1, -0.05) is 6.07 Å². The van der Waals surface area contributed by atoms with E-state index in [4.69, 9.17) is 9.47 Å². The number of halogens is 2. The number of hydrogen-bond acceptors (Lipinski definition) is 6. The van der Waals surface area contributed by atoms with Crippen LogP contribution in [0, 0.1) is 6.92 Å². The van der Waals surface area contributed by atoms with Crippen LogP contribution in [0.4, 0.5) is 8.78 Å². The summed E-state index contributed by atoms with van der Waals surface area (Å²) in [5, 5.41) is -0.131. The molecule has 0 bridgehead atoms. The van der Waals surface area contributed by atoms with Crippen molar-refractivity contribution in [2.45, 2.75) is 37.2 Å². The van der Waals surface area contributed by atoms with Crippen LogP contribution in [0.3, 0.4) is 0 Å². The largest absolute Gasteiger partial charge is 0.486 e. The van der Waals surface area contributed by atoms with Crippen LogP contribution >= 0.6 is 11.8 Å². The molecule has 0 aliphatic carbocycles. The summed E-state index contributed by atoms with van der Waals surface area (Å²) < 4.78 is 35.9. The smallest absolute Gasteiger partial charge is 0.291 e. The number of benzene rings is 1. The quantitative estimate of drug-likeness (QED) is 0.543. The van der Waals surface area contributed by atoms with Gasteiger partial charge in [0.05, 0.1) is 0 Å². The maximum Gasteiger partial charge on any atom is 0.291 e. The van der Waals surface area contributed by atoms with E-state index >= 15 is 0 Å². The third-order valence-electron chi connectivity index (χ3n) is 4.44. The van der Waals surface area contributed by atoms with E-state index in [1.807, 2.05) is 18.2 Å². The Kier molecular flexibility index (Phi) is 6.73. The number of nitrogens with one attached hydrogen (secondary N) is 1. The SMILES string of the molecule is Cc1nc(SC(F)F)[nH]c(=O)c1CCC(=O)N(C)Cc1ccc2c(c1)OCCO2. The van der Waals surface area contributed by atoms with Crippen molar-refractivity contribution >= 4 is 17.7 Å². The molecule has 1 aromatic carbocycles. The van der Waals surface area contributed by atoms with E-state index in [0.717, 1.165) is 5.56 Å². The summed E-state index contributed by atoms with van der Waals surface area (Å²) >= 11 is 0.181. The number of amides is 1. The molecule has 0 saturated carbocycles. The number of aromatic nitrogens is 2. The van der Waals surface area contributed by atoms with Crippen LogP contribution in [0.15, 0.2) is 28.2 Å². The Balaban J connectivity index is 1.60. The fraction of sp³-hybridized carbons (Fsp3) is 0.421. The lowest BCUT2D eigenvalue weighted by molar-refractivity contribution is -0.130. The number of carbonyl (C=O) groups is 1. The molecule has 0 radical (unpaired) electrons. The highest BCUT2D eigenvalue weighted by Gasteiger charge is 2.17. The second-order valence-corrected chi connectivity index (χ2v) is 7.52. The molecule has 0 unspecified atom stereocenters. The van der Waals surface area contributed by atoms with Crippen molar-refractivity contribution in [1.29, 1.82) is 0 Å². The van der Waals surface area contributed by atoms with Gasteiger partial charge in [-0.2, -0.15) is 8.78 Å². The van der Waals surface area contributed by atoms with E-state index in [9.17, 15) is 18.4 Å². The van der Waals surface area contributed by atoms with Crippen molar-refractivity contribution in [2.75, 3.05) is 20.3 Å². The summed E-state index contributed by atoms with van der Waals surface area (Å²) in [5.41, 5.74) is 1.07. The molecule has 2 heterocycles. The summed E-state index contributed by atoms with van der Waals surface area (Å²) in [6.07, 6.45) is 0.284. The minimum atomic E-state index is -2.67. The van der Waals surface area contributed by atoms with Gasteiger partial charge in [-0.05, 0) is 42.8 Å². The lowest BCUT2D eigenvalue weighted by atomic mass is 10.1. The molecular weight excluding hydrogens is 404 g/mol. The fourth-order valence-electron chi connectivity index (χ4n) is 2.99. The zero-order valence-corrected chi connectivity index (χ0v) is 16.9. The second-order valence-electron chi connectivity index (χ2n) is 6.54. The van der Waals surface area contributed by atoms with Gasteiger partial charge in [-0.25, -0.2) is 4.98 Å². The molecule has 1 amide bonds. The highest BCUT2D eigenvalue weighted by Crippen LogP contribution is 2.31. The van der Waals surface area contributed by atoms with Gasteiger partial charge in [0.1, 0.15) is 13.2 Å². The number of aromatic amines is 1. The molecule has 1 aliphatic heterocycles. The maximum atomic E-state index is 12.5. The molecule has 1 N–H and O–H groups in total. The van der Waals surface area contributed by atoms with Crippen molar-refractivity contribution in [3.63, 3.8) is 0 Å². The van der Waals surface area contributed by atoms with Gasteiger partial charge >= 0.3 is 0 Å². The first-order valence-electron chi connectivity index (χ1n) is 9.00. The monoisotopic (exact) mass is 425 g/mol. The van der Waals surface area contributed by atoms with E-state index in [2.05, 4.69) is 9.97 Å². The van der Waals surface area contributed by atoms with Crippen molar-refractivity contribution in [2.24, 2.45) is 0 Å². The number of aryl methyl sites for hydroxylation is 1. The molecule has 1 aromatic heterocycles. The van der Waals surface area contributed by atoms with Gasteiger partial charge in [0, 0.05) is 31.3 Å². The number of carbonyl (C=O) groups excluding carboxylic acids is 1. The highest BCUT2D eigenvalue weighted by molar-refractivity contribution is 7.99. The summed E-state index contributed by atoms with van der Waals surface area (Å²) in [7, 11) is 1.68. The summed E-state index contributed by atoms with van der Waals surface area (Å²) in [5.74, 6) is -1.47. The molecule has 3 rings (SSSR count). The number of hydrogen-bond donors (Lipinski definition) is 1. The minimum absolute atomic E-state index is 0.105. The minimum Gasteiger partial charge on any atom is -0.486 e. The number of ether oxygens (including phenoxy) is 2. The average Bonchev–Trinajstić information content (AvgIpc) is 2.66. The van der Waals surface area contributed by atoms with Crippen LogP contribution in [0.1, 0.15) is 23.2 Å². The van der Waals surface area contributed by atoms with Crippen LogP contribution in [-0.4, -0.2) is 46.8 Å². The van der Waals surface area contributed by atoms with E-state index in [-0.39, 0.29) is 35.7 Å². The first kappa shape index (κ1) is 21.1. The number of rotatable bonds is 7. The first-order valence-corrected chi connectivity index (χ1v) is 9.88. The van der Waals surface area contributed by atoms with Crippen molar-refractivity contribution in [3.05, 3.63) is 45.4 Å². The van der Waals surface area contributed by atoms with Gasteiger partial charge < -0.3 is 19.4 Å². The van der Waals surface area contributed by atoms with E-state index in [1.165, 1.54) is 0 Å². The molecule has 7 nitrogen and oxygen atoms in total. The Hall–Kier alpha value is -2.62. The summed E-state index contributed by atoms with van der Waals surface area (Å²) in [4.78, 5) is 32.5. The Morgan fingerprint density at radius 2 is 2.03 bits per heavy atom. The number of fused-ring (bicyclic) bond motifs is 1. The lowest BCUT2D eigenvalue weighted by Crippen LogP contribution is -2.27. The highest BCUT2D eigenvalue weighted by atomic mass is 32.2. The van der Waals surface area contributed by atoms with E-state index < -0.39 is 11.3 Å². The van der Waals surface area contributed by atoms with Crippen molar-refractivity contribution in [1.82, 2.24) is 14.9 Å². The zero-order chi connectivity index (χ0) is 21.0. The number of H-pyrrole nitrogens is 1. The normalized spacial score (nSPS) is 12.9. The second kappa shape index (κ2) is 9.25. The Labute approximate surface area is 170 Å². The average molecular weight is 425 g/mol. The standard InChI is InChI=1S/C19H21F2N3O4S/c1-11-13(17(26)23-19(22-11)29-18(20)21)4-6-16(25)24(2)10-12-3-5-14-15(9-12)28-8-7-27-14/h3,5,9,18H,4,6-8,10H2,1-2H3,(H,22,23,26). The molecule has 29 heavy (non-hydrogen) atoms. The van der Waals surface area contributed by atoms with E-state index in [1.54, 1.807) is 18.9 Å². The molecule has 10 heteroatoms. The molecule has 0 fully saturated rings. The molecule has 156 valence electrons. The van der Waals surface area contributed by atoms with Gasteiger partial charge in [-0.15, -0.1) is 0 Å². The third kappa shape index (κ3) is 5.47. The van der Waals surface area contributed by atoms with Crippen molar-refractivity contribution < 1.29 is 23.0 Å². The predicted octanol–water partition coefficient (Wildman–Crippen LogP) is 2.76. The van der Waals surface area contributed by atoms with Crippen LogP contribution in [0.5, 0.6) is 11.5 Å². The van der Waals surface area contributed by atoms with Crippen LogP contribution in [0.25, 0.3) is 0 Å². The fourth-order valence-corrected chi connectivity index (χ4v) is 3.50. The predicted molar refractivity (Wildman–Crippen MR) is 104 cm³/mol.